The second-order valence-corrected chi connectivity index (χ2v) is 13.1. The summed E-state index contributed by atoms with van der Waals surface area (Å²) < 4.78 is 0. The number of aromatic nitrogens is 2. The summed E-state index contributed by atoms with van der Waals surface area (Å²) in [6, 6.07) is 33.2. The molecule has 0 fully saturated rings. The van der Waals surface area contributed by atoms with E-state index in [-0.39, 0.29) is 38.1 Å². The van der Waals surface area contributed by atoms with Crippen molar-refractivity contribution in [3.63, 3.8) is 0 Å². The molecule has 0 saturated heterocycles. The molecule has 0 amide bonds. The number of phenolic OH excluding ortho intramolecular Hbond substituents is 1. The fourth-order valence-electron chi connectivity index (χ4n) is 5.46. The molecule has 0 atom stereocenters. The van der Waals surface area contributed by atoms with Crippen LogP contribution >= 0.6 is 0 Å². The Hall–Kier alpha value is -3.55. The zero-order valence-electron chi connectivity index (χ0n) is 27.1. The number of benzene rings is 3. The molecule has 0 bridgehead atoms. The van der Waals surface area contributed by atoms with Gasteiger partial charge in [0.25, 0.3) is 0 Å². The van der Waals surface area contributed by atoms with Gasteiger partial charge in [-0.3, -0.25) is 9.97 Å². The maximum absolute atomic E-state index is 10.9. The standard InChI is InChI=1S/C40H43N2O.Pt/c1-25(2)28-14-15-39(43)35(21-28)38-24-30(27(5)6)23-37(42-38)32-18-31(36-22-29(26(3)4)16-17-41-36)19-34(20-32)40(7,8)33-12-10-9-11-13-33;/h9-17,19-27,43H,1-8H3;/q-1;. The average molecular weight is 763 g/mol. The minimum Gasteiger partial charge on any atom is -0.507 e. The molecular formula is C40H43N2OPt-. The van der Waals surface area contributed by atoms with E-state index in [1.165, 1.54) is 22.3 Å². The van der Waals surface area contributed by atoms with Gasteiger partial charge in [-0.1, -0.05) is 115 Å². The molecule has 0 aliphatic heterocycles. The molecule has 0 aliphatic rings. The van der Waals surface area contributed by atoms with Gasteiger partial charge in [-0.2, -0.15) is 0 Å². The maximum Gasteiger partial charge on any atom is 0.124 e. The van der Waals surface area contributed by atoms with Crippen molar-refractivity contribution < 1.29 is 26.2 Å². The van der Waals surface area contributed by atoms with Crippen molar-refractivity contribution in [2.75, 3.05) is 0 Å². The Morgan fingerprint density at radius 1 is 0.614 bits per heavy atom. The predicted octanol–water partition coefficient (Wildman–Crippen LogP) is 10.7. The van der Waals surface area contributed by atoms with Crippen LogP contribution in [-0.2, 0) is 26.5 Å². The Labute approximate surface area is 278 Å². The third kappa shape index (κ3) is 7.05. The van der Waals surface area contributed by atoms with Gasteiger partial charge in [-0.15, -0.1) is 23.8 Å². The van der Waals surface area contributed by atoms with Crippen molar-refractivity contribution in [3.8, 4) is 39.5 Å². The van der Waals surface area contributed by atoms with Gasteiger partial charge < -0.3 is 5.11 Å². The van der Waals surface area contributed by atoms with Crippen molar-refractivity contribution in [2.24, 2.45) is 0 Å². The summed E-state index contributed by atoms with van der Waals surface area (Å²) in [6.45, 7) is 17.7. The van der Waals surface area contributed by atoms with Gasteiger partial charge in [-0.05, 0) is 64.3 Å². The minimum absolute atomic E-state index is 0. The molecule has 5 aromatic rings. The summed E-state index contributed by atoms with van der Waals surface area (Å²) in [5.74, 6) is 1.26. The Morgan fingerprint density at radius 2 is 1.18 bits per heavy atom. The second-order valence-electron chi connectivity index (χ2n) is 13.1. The molecule has 0 aliphatic carbocycles. The quantitative estimate of drug-likeness (QED) is 0.160. The smallest absolute Gasteiger partial charge is 0.124 e. The molecule has 44 heavy (non-hydrogen) atoms. The molecule has 3 nitrogen and oxygen atoms in total. The fourth-order valence-corrected chi connectivity index (χ4v) is 5.46. The van der Waals surface area contributed by atoms with E-state index in [9.17, 15) is 5.11 Å². The predicted molar refractivity (Wildman–Crippen MR) is 180 cm³/mol. The Balaban J connectivity index is 0.00000442. The molecule has 5 rings (SSSR count). The van der Waals surface area contributed by atoms with Gasteiger partial charge >= 0.3 is 0 Å². The van der Waals surface area contributed by atoms with Gasteiger partial charge in [-0.25, -0.2) is 0 Å². The number of rotatable bonds is 8. The van der Waals surface area contributed by atoms with Crippen LogP contribution < -0.4 is 0 Å². The summed E-state index contributed by atoms with van der Waals surface area (Å²) in [6.07, 6.45) is 1.90. The minimum atomic E-state index is -0.266. The topological polar surface area (TPSA) is 46.0 Å². The summed E-state index contributed by atoms with van der Waals surface area (Å²) in [7, 11) is 0. The molecular weight excluding hydrogens is 720 g/mol. The molecule has 2 heterocycles. The third-order valence-corrected chi connectivity index (χ3v) is 8.57. The Kier molecular flexibility index (Phi) is 10.3. The van der Waals surface area contributed by atoms with Crippen LogP contribution in [0.3, 0.4) is 0 Å². The largest absolute Gasteiger partial charge is 0.507 e. The van der Waals surface area contributed by atoms with Crippen LogP contribution in [0.15, 0.2) is 91.1 Å². The van der Waals surface area contributed by atoms with Gasteiger partial charge in [0.2, 0.25) is 0 Å². The number of nitrogens with zero attached hydrogens (tertiary/aromatic N) is 2. The van der Waals surface area contributed by atoms with Crippen LogP contribution in [0, 0.1) is 6.07 Å². The molecule has 0 saturated carbocycles. The van der Waals surface area contributed by atoms with Crippen molar-refractivity contribution in [2.45, 2.75) is 78.6 Å². The first-order chi connectivity index (χ1) is 20.4. The van der Waals surface area contributed by atoms with Crippen molar-refractivity contribution >= 4 is 0 Å². The number of phenols is 1. The van der Waals surface area contributed by atoms with E-state index in [1.54, 1.807) is 6.07 Å². The summed E-state index contributed by atoms with van der Waals surface area (Å²) in [5.41, 5.74) is 10.8. The monoisotopic (exact) mass is 762 g/mol. The summed E-state index contributed by atoms with van der Waals surface area (Å²) in [5, 5.41) is 10.9. The first-order valence-electron chi connectivity index (χ1n) is 15.4. The van der Waals surface area contributed by atoms with Crippen LogP contribution in [0.5, 0.6) is 5.75 Å². The zero-order valence-corrected chi connectivity index (χ0v) is 29.3. The van der Waals surface area contributed by atoms with Crippen molar-refractivity contribution in [1.82, 2.24) is 9.97 Å². The number of pyridine rings is 2. The molecule has 0 unspecified atom stereocenters. The molecule has 0 radical (unpaired) electrons. The van der Waals surface area contributed by atoms with E-state index in [2.05, 4.69) is 134 Å². The van der Waals surface area contributed by atoms with Crippen LogP contribution in [-0.4, -0.2) is 15.1 Å². The van der Waals surface area contributed by atoms with Crippen molar-refractivity contribution in [1.29, 1.82) is 0 Å². The third-order valence-electron chi connectivity index (χ3n) is 8.57. The van der Waals surface area contributed by atoms with Crippen molar-refractivity contribution in [3.05, 3.63) is 125 Å². The van der Waals surface area contributed by atoms with Gasteiger partial charge in [0, 0.05) is 49.6 Å². The number of hydrogen-bond donors (Lipinski definition) is 1. The Morgan fingerprint density at radius 3 is 1.82 bits per heavy atom. The number of aromatic hydroxyl groups is 1. The van der Waals surface area contributed by atoms with E-state index in [0.717, 1.165) is 39.3 Å². The van der Waals surface area contributed by atoms with Crippen LogP contribution in [0.2, 0.25) is 0 Å². The zero-order chi connectivity index (χ0) is 30.9. The van der Waals surface area contributed by atoms with Crippen LogP contribution in [0.25, 0.3) is 33.8 Å². The molecule has 3 aromatic carbocycles. The molecule has 0 spiro atoms. The fraction of sp³-hybridized carbons (Fsp3) is 0.300. The molecule has 230 valence electrons. The van der Waals surface area contributed by atoms with E-state index < -0.39 is 0 Å². The SMILES string of the molecule is CC(C)c1ccnc(-c2[c-]c(-c3cc(C(C)C)cc(-c4cc(C(C)C)ccc4O)n3)cc(C(C)(C)c3ccccc3)c2)c1.[Pt]. The van der Waals surface area contributed by atoms with E-state index in [4.69, 9.17) is 9.97 Å². The molecule has 2 aromatic heterocycles. The normalized spacial score (nSPS) is 11.7. The van der Waals surface area contributed by atoms with E-state index in [0.29, 0.717) is 11.8 Å². The average Bonchev–Trinajstić information content (AvgIpc) is 3.01. The van der Waals surface area contributed by atoms with Gasteiger partial charge in [0.15, 0.2) is 0 Å². The maximum atomic E-state index is 10.9. The Bertz CT molecular complexity index is 1740. The first kappa shape index (κ1) is 33.3. The summed E-state index contributed by atoms with van der Waals surface area (Å²) >= 11 is 0. The van der Waals surface area contributed by atoms with Crippen LogP contribution in [0.4, 0.5) is 0 Å². The second kappa shape index (κ2) is 13.6. The summed E-state index contributed by atoms with van der Waals surface area (Å²) in [4.78, 5) is 9.97. The molecule has 1 N–H and O–H groups in total. The van der Waals surface area contributed by atoms with E-state index in [1.807, 2.05) is 12.3 Å². The number of hydrogen-bond acceptors (Lipinski definition) is 3. The first-order valence-corrected chi connectivity index (χ1v) is 15.4. The van der Waals surface area contributed by atoms with E-state index >= 15 is 0 Å². The van der Waals surface area contributed by atoms with Gasteiger partial charge in [0.05, 0.1) is 5.69 Å². The van der Waals surface area contributed by atoms with Crippen LogP contribution in [0.1, 0.15) is 101 Å². The molecule has 4 heteroatoms. The van der Waals surface area contributed by atoms with Gasteiger partial charge in [0.1, 0.15) is 5.75 Å².